The van der Waals surface area contributed by atoms with E-state index in [1.54, 1.807) is 7.11 Å². The molecule has 0 bridgehead atoms. The zero-order chi connectivity index (χ0) is 7.82. The van der Waals surface area contributed by atoms with E-state index < -0.39 is 0 Å². The lowest BCUT2D eigenvalue weighted by Crippen LogP contribution is -1.94. The van der Waals surface area contributed by atoms with Crippen molar-refractivity contribution in [2.24, 2.45) is 0 Å². The Morgan fingerprint density at radius 3 is 2.40 bits per heavy atom. The summed E-state index contributed by atoms with van der Waals surface area (Å²) >= 11 is 0. The molecule has 10 heavy (non-hydrogen) atoms. The molecule has 60 valence electrons. The van der Waals surface area contributed by atoms with Crippen molar-refractivity contribution < 1.29 is 9.47 Å². The highest BCUT2D eigenvalue weighted by molar-refractivity contribution is 4.72. The molecule has 2 nitrogen and oxygen atoms in total. The summed E-state index contributed by atoms with van der Waals surface area (Å²) in [5.41, 5.74) is 0. The van der Waals surface area contributed by atoms with Crippen LogP contribution in [0.3, 0.4) is 0 Å². The maximum Gasteiger partial charge on any atom is 0.0877 e. The van der Waals surface area contributed by atoms with Gasteiger partial charge in [-0.05, 0) is 19.8 Å². The van der Waals surface area contributed by atoms with Crippen LogP contribution in [0.2, 0.25) is 0 Å². The van der Waals surface area contributed by atoms with Gasteiger partial charge in [-0.1, -0.05) is 6.58 Å². The van der Waals surface area contributed by atoms with Crippen LogP contribution >= 0.6 is 0 Å². The predicted octanol–water partition coefficient (Wildman–Crippen LogP) is 1.96. The van der Waals surface area contributed by atoms with Gasteiger partial charge in [0.15, 0.2) is 0 Å². The number of allylic oxidation sites excluding steroid dienone is 1. The molecule has 0 fully saturated rings. The van der Waals surface area contributed by atoms with E-state index in [4.69, 9.17) is 9.47 Å². The second-order valence-electron chi connectivity index (χ2n) is 2.25. The van der Waals surface area contributed by atoms with Crippen LogP contribution in [0.25, 0.3) is 0 Å². The number of hydrogen-bond donors (Lipinski definition) is 0. The third kappa shape index (κ3) is 7.50. The van der Waals surface area contributed by atoms with Crippen molar-refractivity contribution in [3.05, 3.63) is 12.3 Å². The molecule has 0 aromatic rings. The Kier molecular flexibility index (Phi) is 6.29. The van der Waals surface area contributed by atoms with Crippen LogP contribution in [0.5, 0.6) is 0 Å². The smallest absolute Gasteiger partial charge is 0.0877 e. The van der Waals surface area contributed by atoms with Crippen LogP contribution in [0, 0.1) is 0 Å². The molecule has 0 amide bonds. The van der Waals surface area contributed by atoms with E-state index in [2.05, 4.69) is 6.58 Å². The normalized spacial score (nSPS) is 9.40. The van der Waals surface area contributed by atoms with Crippen molar-refractivity contribution in [1.29, 1.82) is 0 Å². The molecule has 0 saturated heterocycles. The molecular weight excluding hydrogens is 128 g/mol. The van der Waals surface area contributed by atoms with Gasteiger partial charge in [-0.25, -0.2) is 0 Å². The Labute approximate surface area is 62.8 Å². The van der Waals surface area contributed by atoms with E-state index in [0.717, 1.165) is 31.8 Å². The lowest BCUT2D eigenvalue weighted by molar-refractivity contribution is 0.167. The van der Waals surface area contributed by atoms with Gasteiger partial charge in [-0.3, -0.25) is 0 Å². The van der Waals surface area contributed by atoms with Gasteiger partial charge in [0.2, 0.25) is 0 Å². The summed E-state index contributed by atoms with van der Waals surface area (Å²) in [7, 11) is 1.71. The molecule has 0 heterocycles. The molecule has 0 aliphatic heterocycles. The second-order valence-corrected chi connectivity index (χ2v) is 2.25. The topological polar surface area (TPSA) is 18.5 Å². The number of rotatable bonds is 6. The summed E-state index contributed by atoms with van der Waals surface area (Å²) in [5.74, 6) is 0.789. The minimum absolute atomic E-state index is 0.763. The summed E-state index contributed by atoms with van der Waals surface area (Å²) in [6, 6.07) is 0. The Bertz CT molecular complexity index is 89.3. The summed E-state index contributed by atoms with van der Waals surface area (Å²) in [6.45, 7) is 7.06. The van der Waals surface area contributed by atoms with Gasteiger partial charge in [-0.2, -0.15) is 0 Å². The highest BCUT2D eigenvalue weighted by Crippen LogP contribution is 1.95. The van der Waals surface area contributed by atoms with Crippen molar-refractivity contribution in [2.75, 3.05) is 20.3 Å². The summed E-state index contributed by atoms with van der Waals surface area (Å²) in [6.07, 6.45) is 2.10. The van der Waals surface area contributed by atoms with Crippen LogP contribution in [-0.4, -0.2) is 20.3 Å². The van der Waals surface area contributed by atoms with E-state index in [9.17, 15) is 0 Å². The third-order valence-corrected chi connectivity index (χ3v) is 1.09. The average Bonchev–Trinajstić information content (AvgIpc) is 1.87. The van der Waals surface area contributed by atoms with Crippen LogP contribution < -0.4 is 0 Å². The lowest BCUT2D eigenvalue weighted by Gasteiger charge is -2.03. The van der Waals surface area contributed by atoms with E-state index in [1.807, 2.05) is 6.92 Å². The maximum absolute atomic E-state index is 5.14. The van der Waals surface area contributed by atoms with Crippen LogP contribution in [0.1, 0.15) is 19.8 Å². The summed E-state index contributed by atoms with van der Waals surface area (Å²) in [5, 5.41) is 0. The van der Waals surface area contributed by atoms with Gasteiger partial charge in [0.05, 0.1) is 12.4 Å². The maximum atomic E-state index is 5.14. The van der Waals surface area contributed by atoms with Crippen LogP contribution in [-0.2, 0) is 9.47 Å². The van der Waals surface area contributed by atoms with Crippen LogP contribution in [0.15, 0.2) is 12.3 Å². The third-order valence-electron chi connectivity index (χ3n) is 1.09. The fourth-order valence-electron chi connectivity index (χ4n) is 0.595. The van der Waals surface area contributed by atoms with Gasteiger partial charge in [0.25, 0.3) is 0 Å². The van der Waals surface area contributed by atoms with E-state index in [-0.39, 0.29) is 0 Å². The summed E-state index contributed by atoms with van der Waals surface area (Å²) in [4.78, 5) is 0. The highest BCUT2D eigenvalue weighted by Gasteiger charge is 1.87. The molecule has 0 N–H and O–H groups in total. The number of methoxy groups -OCH3 is 1. The van der Waals surface area contributed by atoms with Crippen molar-refractivity contribution in [2.45, 2.75) is 19.8 Å². The molecular formula is C8H16O2. The zero-order valence-electron chi connectivity index (χ0n) is 6.85. The fraction of sp³-hybridized carbons (Fsp3) is 0.750. The Morgan fingerprint density at radius 1 is 1.30 bits per heavy atom. The first-order chi connectivity index (χ1) is 4.77. The van der Waals surface area contributed by atoms with Gasteiger partial charge in [0, 0.05) is 13.7 Å². The molecule has 0 saturated carbocycles. The second kappa shape index (κ2) is 6.62. The Balaban J connectivity index is 2.84. The first-order valence-corrected chi connectivity index (χ1v) is 3.54. The quantitative estimate of drug-likeness (QED) is 0.419. The molecule has 0 unspecified atom stereocenters. The molecule has 0 spiro atoms. The number of unbranched alkanes of at least 4 members (excludes halogenated alkanes) is 1. The SMILES string of the molecule is C=C(C)OCCCCOC. The fourth-order valence-corrected chi connectivity index (χ4v) is 0.595. The number of ether oxygens (including phenoxy) is 2. The van der Waals surface area contributed by atoms with Gasteiger partial charge < -0.3 is 9.47 Å². The molecule has 0 aromatic heterocycles. The van der Waals surface area contributed by atoms with Gasteiger partial charge in [-0.15, -0.1) is 0 Å². The first kappa shape index (κ1) is 9.50. The Hall–Kier alpha value is -0.500. The number of hydrogen-bond acceptors (Lipinski definition) is 2. The highest BCUT2D eigenvalue weighted by atomic mass is 16.5. The molecule has 0 radical (unpaired) electrons. The summed E-state index contributed by atoms with van der Waals surface area (Å²) < 4.78 is 10.0. The minimum atomic E-state index is 0.763. The predicted molar refractivity (Wildman–Crippen MR) is 41.9 cm³/mol. The molecule has 2 heteroatoms. The van der Waals surface area contributed by atoms with E-state index in [1.165, 1.54) is 0 Å². The van der Waals surface area contributed by atoms with Crippen molar-refractivity contribution in [3.63, 3.8) is 0 Å². The molecule has 0 aliphatic carbocycles. The van der Waals surface area contributed by atoms with Gasteiger partial charge >= 0.3 is 0 Å². The van der Waals surface area contributed by atoms with E-state index >= 15 is 0 Å². The first-order valence-electron chi connectivity index (χ1n) is 3.54. The zero-order valence-corrected chi connectivity index (χ0v) is 6.85. The van der Waals surface area contributed by atoms with Crippen molar-refractivity contribution in [1.82, 2.24) is 0 Å². The molecule has 0 aliphatic rings. The standard InChI is InChI=1S/C8H16O2/c1-8(2)10-7-5-4-6-9-3/h1,4-7H2,2-3H3. The Morgan fingerprint density at radius 2 is 1.90 bits per heavy atom. The average molecular weight is 144 g/mol. The lowest BCUT2D eigenvalue weighted by atomic mass is 10.3. The van der Waals surface area contributed by atoms with Gasteiger partial charge in [0.1, 0.15) is 0 Å². The van der Waals surface area contributed by atoms with E-state index in [0.29, 0.717) is 0 Å². The van der Waals surface area contributed by atoms with Crippen molar-refractivity contribution in [3.8, 4) is 0 Å². The molecule has 0 rings (SSSR count). The molecule has 0 atom stereocenters. The van der Waals surface area contributed by atoms with Crippen LogP contribution in [0.4, 0.5) is 0 Å². The molecule has 0 aromatic carbocycles. The van der Waals surface area contributed by atoms with Crippen molar-refractivity contribution >= 4 is 0 Å². The minimum Gasteiger partial charge on any atom is -0.499 e. The monoisotopic (exact) mass is 144 g/mol. The largest absolute Gasteiger partial charge is 0.499 e.